The Morgan fingerprint density at radius 3 is 2.68 bits per heavy atom. The summed E-state index contributed by atoms with van der Waals surface area (Å²) in [5.41, 5.74) is 2.94. The van der Waals surface area contributed by atoms with Gasteiger partial charge in [0.25, 0.3) is 5.91 Å². The molecule has 2 aromatic carbocycles. The van der Waals surface area contributed by atoms with Crippen LogP contribution in [0.5, 0.6) is 5.75 Å². The third kappa shape index (κ3) is 5.02. The van der Waals surface area contributed by atoms with Crippen molar-refractivity contribution in [2.45, 2.75) is 0 Å². The van der Waals surface area contributed by atoms with E-state index in [-0.39, 0.29) is 12.4 Å². The average Bonchev–Trinajstić information content (AvgIpc) is 2.50. The lowest BCUT2D eigenvalue weighted by molar-refractivity contribution is -0.123. The van der Waals surface area contributed by atoms with Crippen LogP contribution in [0.25, 0.3) is 0 Å². The maximum Gasteiger partial charge on any atom is 0.277 e. The van der Waals surface area contributed by atoms with Gasteiger partial charge in [-0.25, -0.2) is 9.82 Å². The van der Waals surface area contributed by atoms with E-state index >= 15 is 0 Å². The molecule has 7 heteroatoms. The van der Waals surface area contributed by atoms with Crippen LogP contribution < -0.4 is 10.2 Å². The zero-order chi connectivity index (χ0) is 15.9. The standard InChI is InChI=1S/C15H11Cl2FN2O2/c16-11-3-6-13(17)14(7-11)22-9-15(21)20-19-8-10-1-4-12(18)5-2-10/h1-8H,9H2,(H,20,21). The zero-order valence-electron chi connectivity index (χ0n) is 11.2. The minimum Gasteiger partial charge on any atom is -0.482 e. The molecule has 0 aromatic heterocycles. The average molecular weight is 341 g/mol. The number of carbonyl (C=O) groups is 1. The van der Waals surface area contributed by atoms with E-state index in [0.29, 0.717) is 21.4 Å². The van der Waals surface area contributed by atoms with Gasteiger partial charge in [0.05, 0.1) is 11.2 Å². The van der Waals surface area contributed by atoms with Crippen molar-refractivity contribution in [1.29, 1.82) is 0 Å². The van der Waals surface area contributed by atoms with Crippen molar-refractivity contribution in [2.24, 2.45) is 5.10 Å². The first-order valence-corrected chi connectivity index (χ1v) is 6.95. The summed E-state index contributed by atoms with van der Waals surface area (Å²) in [5, 5.41) is 4.54. The van der Waals surface area contributed by atoms with Crippen molar-refractivity contribution in [3.63, 3.8) is 0 Å². The summed E-state index contributed by atoms with van der Waals surface area (Å²) in [6.07, 6.45) is 1.39. The van der Waals surface area contributed by atoms with E-state index in [1.54, 1.807) is 12.1 Å². The Balaban J connectivity index is 1.83. The number of halogens is 3. The highest BCUT2D eigenvalue weighted by molar-refractivity contribution is 6.34. The number of benzene rings is 2. The molecule has 0 spiro atoms. The molecule has 0 unspecified atom stereocenters. The molecule has 114 valence electrons. The van der Waals surface area contributed by atoms with E-state index < -0.39 is 5.91 Å². The van der Waals surface area contributed by atoms with Crippen LogP contribution in [0.1, 0.15) is 5.56 Å². The predicted molar refractivity (Wildman–Crippen MR) is 84.1 cm³/mol. The molecule has 0 bridgehead atoms. The van der Waals surface area contributed by atoms with Gasteiger partial charge in [0.2, 0.25) is 0 Å². The minimum atomic E-state index is -0.464. The van der Waals surface area contributed by atoms with Crippen molar-refractivity contribution >= 4 is 35.3 Å². The highest BCUT2D eigenvalue weighted by Gasteiger charge is 2.06. The molecule has 0 saturated carbocycles. The van der Waals surface area contributed by atoms with Gasteiger partial charge in [0, 0.05) is 11.1 Å². The Hall–Kier alpha value is -2.11. The number of rotatable bonds is 5. The summed E-state index contributed by atoms with van der Waals surface area (Å²) >= 11 is 11.7. The fourth-order valence-corrected chi connectivity index (χ4v) is 1.83. The lowest BCUT2D eigenvalue weighted by Gasteiger charge is -2.07. The quantitative estimate of drug-likeness (QED) is 0.667. The summed E-state index contributed by atoms with van der Waals surface area (Å²) in [7, 11) is 0. The summed E-state index contributed by atoms with van der Waals surface area (Å²) in [4.78, 5) is 11.6. The zero-order valence-corrected chi connectivity index (χ0v) is 12.7. The van der Waals surface area contributed by atoms with Crippen LogP contribution in [0.2, 0.25) is 10.0 Å². The Labute approximate surface area is 136 Å². The number of hydrogen-bond acceptors (Lipinski definition) is 3. The molecule has 0 saturated heterocycles. The lowest BCUT2D eigenvalue weighted by atomic mass is 10.2. The maximum atomic E-state index is 12.7. The molecule has 1 N–H and O–H groups in total. The topological polar surface area (TPSA) is 50.7 Å². The first-order chi connectivity index (χ1) is 10.5. The van der Waals surface area contributed by atoms with Crippen LogP contribution in [0.3, 0.4) is 0 Å². The number of ether oxygens (including phenoxy) is 1. The van der Waals surface area contributed by atoms with E-state index in [0.717, 1.165) is 0 Å². The van der Waals surface area contributed by atoms with Gasteiger partial charge in [-0.15, -0.1) is 0 Å². The van der Waals surface area contributed by atoms with Gasteiger partial charge < -0.3 is 4.74 Å². The number of carbonyl (C=O) groups excluding carboxylic acids is 1. The summed E-state index contributed by atoms with van der Waals surface area (Å²) in [6, 6.07) is 10.4. The third-order valence-corrected chi connectivity index (χ3v) is 3.07. The van der Waals surface area contributed by atoms with E-state index in [9.17, 15) is 9.18 Å². The molecular formula is C15H11Cl2FN2O2. The molecule has 2 aromatic rings. The van der Waals surface area contributed by atoms with Crippen LogP contribution in [-0.4, -0.2) is 18.7 Å². The number of nitrogens with one attached hydrogen (secondary N) is 1. The van der Waals surface area contributed by atoms with Gasteiger partial charge in [-0.3, -0.25) is 4.79 Å². The second kappa shape index (κ2) is 7.77. The van der Waals surface area contributed by atoms with Crippen molar-refractivity contribution < 1.29 is 13.9 Å². The van der Waals surface area contributed by atoms with Gasteiger partial charge in [0.15, 0.2) is 6.61 Å². The Kier molecular flexibility index (Phi) is 5.75. The maximum absolute atomic E-state index is 12.7. The van der Waals surface area contributed by atoms with E-state index in [1.165, 1.54) is 36.5 Å². The largest absolute Gasteiger partial charge is 0.482 e. The molecule has 0 aliphatic rings. The predicted octanol–water partition coefficient (Wildman–Crippen LogP) is 3.66. The van der Waals surface area contributed by atoms with E-state index in [4.69, 9.17) is 27.9 Å². The molecule has 2 rings (SSSR count). The van der Waals surface area contributed by atoms with Crippen LogP contribution in [-0.2, 0) is 4.79 Å². The SMILES string of the molecule is O=C(COc1cc(Cl)ccc1Cl)NN=Cc1ccc(F)cc1. The highest BCUT2D eigenvalue weighted by atomic mass is 35.5. The van der Waals surface area contributed by atoms with Crippen LogP contribution in [0.15, 0.2) is 47.6 Å². The van der Waals surface area contributed by atoms with Crippen molar-refractivity contribution in [2.75, 3.05) is 6.61 Å². The van der Waals surface area contributed by atoms with Crippen molar-refractivity contribution in [3.8, 4) is 5.75 Å². The minimum absolute atomic E-state index is 0.263. The molecule has 0 aliphatic carbocycles. The van der Waals surface area contributed by atoms with Crippen molar-refractivity contribution in [3.05, 3.63) is 63.9 Å². The monoisotopic (exact) mass is 340 g/mol. The molecule has 0 atom stereocenters. The molecule has 0 heterocycles. The van der Waals surface area contributed by atoms with Crippen LogP contribution in [0, 0.1) is 5.82 Å². The summed E-state index contributed by atoms with van der Waals surface area (Å²) < 4.78 is 18.0. The second-order valence-corrected chi connectivity index (χ2v) is 5.05. The van der Waals surface area contributed by atoms with Gasteiger partial charge in [-0.1, -0.05) is 35.3 Å². The first-order valence-electron chi connectivity index (χ1n) is 6.20. The Morgan fingerprint density at radius 2 is 1.95 bits per heavy atom. The van der Waals surface area contributed by atoms with Gasteiger partial charge in [-0.2, -0.15) is 5.10 Å². The molecule has 22 heavy (non-hydrogen) atoms. The number of nitrogens with zero attached hydrogens (tertiary/aromatic N) is 1. The van der Waals surface area contributed by atoms with Gasteiger partial charge >= 0.3 is 0 Å². The molecule has 4 nitrogen and oxygen atoms in total. The fourth-order valence-electron chi connectivity index (χ4n) is 1.49. The van der Waals surface area contributed by atoms with Gasteiger partial charge in [-0.05, 0) is 29.8 Å². The lowest BCUT2D eigenvalue weighted by Crippen LogP contribution is -2.24. The Bertz CT molecular complexity index is 690. The highest BCUT2D eigenvalue weighted by Crippen LogP contribution is 2.27. The third-order valence-electron chi connectivity index (χ3n) is 2.52. The molecule has 0 aliphatic heterocycles. The van der Waals surface area contributed by atoms with Crippen LogP contribution in [0.4, 0.5) is 4.39 Å². The second-order valence-electron chi connectivity index (χ2n) is 4.21. The number of amides is 1. The van der Waals surface area contributed by atoms with E-state index in [1.807, 2.05) is 0 Å². The van der Waals surface area contributed by atoms with Gasteiger partial charge in [0.1, 0.15) is 11.6 Å². The summed E-state index contributed by atoms with van der Waals surface area (Å²) in [5.74, 6) is -0.491. The molecule has 0 fully saturated rings. The molecule has 1 amide bonds. The fraction of sp³-hybridized carbons (Fsp3) is 0.0667. The normalized spacial score (nSPS) is 10.7. The smallest absolute Gasteiger partial charge is 0.277 e. The number of hydrogen-bond donors (Lipinski definition) is 1. The van der Waals surface area contributed by atoms with Crippen molar-refractivity contribution in [1.82, 2.24) is 5.43 Å². The molecular weight excluding hydrogens is 330 g/mol. The summed E-state index contributed by atoms with van der Waals surface area (Å²) in [6.45, 7) is -0.263. The molecule has 0 radical (unpaired) electrons. The van der Waals surface area contributed by atoms with E-state index in [2.05, 4.69) is 10.5 Å². The Morgan fingerprint density at radius 1 is 1.23 bits per heavy atom. The number of hydrazone groups is 1. The van der Waals surface area contributed by atoms with Crippen LogP contribution >= 0.6 is 23.2 Å². The first kappa shape index (κ1) is 16.3.